The van der Waals surface area contributed by atoms with E-state index in [1.54, 1.807) is 20.8 Å². The molecule has 0 fully saturated rings. The molecular weight excluding hydrogens is 402 g/mol. The summed E-state index contributed by atoms with van der Waals surface area (Å²) in [4.78, 5) is 38.6. The molecule has 0 aliphatic heterocycles. The molecule has 0 amide bonds. The van der Waals surface area contributed by atoms with Gasteiger partial charge in [0.05, 0.1) is 11.5 Å². The Labute approximate surface area is 178 Å². The Kier molecular flexibility index (Phi) is 6.72. The van der Waals surface area contributed by atoms with Crippen molar-refractivity contribution < 1.29 is 19.4 Å². The van der Waals surface area contributed by atoms with E-state index in [9.17, 15) is 19.5 Å². The number of allylic oxidation sites excluding steroid dienone is 4. The maximum Gasteiger partial charge on any atom is 0.307 e. The Morgan fingerprint density at radius 3 is 2.23 bits per heavy atom. The minimum Gasteiger partial charge on any atom is -0.494 e. The Hall–Kier alpha value is -2.93. The van der Waals surface area contributed by atoms with E-state index in [0.717, 1.165) is 35.5 Å². The van der Waals surface area contributed by atoms with Crippen LogP contribution in [0.25, 0.3) is 0 Å². The van der Waals surface area contributed by atoms with E-state index in [1.807, 2.05) is 24.3 Å². The number of hydrogen-bond donors (Lipinski definition) is 2. The number of aromatic hydroxyl groups is 1. The highest BCUT2D eigenvalue weighted by atomic mass is 32.1. The average Bonchev–Trinajstić information content (AvgIpc) is 3.04. The van der Waals surface area contributed by atoms with E-state index in [2.05, 4.69) is 4.98 Å². The van der Waals surface area contributed by atoms with Crippen LogP contribution in [0.2, 0.25) is 0 Å². The van der Waals surface area contributed by atoms with Gasteiger partial charge in [0.15, 0.2) is 11.6 Å². The van der Waals surface area contributed by atoms with Crippen LogP contribution < -0.4 is 9.61 Å². The number of hydrogen-bond acceptors (Lipinski definition) is 6. The molecule has 0 saturated carbocycles. The number of carbonyl (C=O) groups is 2. The summed E-state index contributed by atoms with van der Waals surface area (Å²) in [5, 5.41) is 9.67. The number of aromatic amines is 1. The predicted molar refractivity (Wildman–Crippen MR) is 116 cm³/mol. The van der Waals surface area contributed by atoms with Crippen LogP contribution in [0.4, 0.5) is 0 Å². The highest BCUT2D eigenvalue weighted by Gasteiger charge is 2.27. The molecule has 2 aromatic rings. The summed E-state index contributed by atoms with van der Waals surface area (Å²) in [6.45, 7) is 5.67. The summed E-state index contributed by atoms with van der Waals surface area (Å²) >= 11 is 1.00. The SMILES string of the molecule is CC1=C(C)C(=O)C(CCCCOc2ccc(Cc3sc(=O)[nH]c3O)cc2)=C(C)C1=O. The Morgan fingerprint density at radius 2 is 1.60 bits per heavy atom. The van der Waals surface area contributed by atoms with Gasteiger partial charge in [0.2, 0.25) is 5.88 Å². The highest BCUT2D eigenvalue weighted by Crippen LogP contribution is 2.27. The molecule has 1 aliphatic rings. The number of nitrogens with one attached hydrogen (secondary N) is 1. The first-order valence-electron chi connectivity index (χ1n) is 9.87. The number of aromatic nitrogens is 1. The summed E-state index contributed by atoms with van der Waals surface area (Å²) in [6.07, 6.45) is 2.59. The number of H-pyrrole nitrogens is 1. The minimum absolute atomic E-state index is 0.0143. The molecule has 30 heavy (non-hydrogen) atoms. The van der Waals surface area contributed by atoms with Crippen LogP contribution in [0.5, 0.6) is 11.6 Å². The molecule has 0 radical (unpaired) electrons. The standard InChI is InChI=1S/C23H25NO5S/c1-13-14(2)21(26)18(15(3)20(13)25)6-4-5-11-29-17-9-7-16(8-10-17)12-19-22(27)24-23(28)30-19/h7-10,27H,4-6,11-12H2,1-3H3,(H,24,28). The van der Waals surface area contributed by atoms with Crippen LogP contribution in [0, 0.1) is 0 Å². The number of ketones is 2. The third kappa shape index (κ3) is 4.79. The Balaban J connectivity index is 1.46. The zero-order valence-corrected chi connectivity index (χ0v) is 18.1. The molecule has 7 heteroatoms. The van der Waals surface area contributed by atoms with E-state index < -0.39 is 0 Å². The molecule has 0 saturated heterocycles. The van der Waals surface area contributed by atoms with Crippen molar-refractivity contribution in [3.05, 3.63) is 66.7 Å². The van der Waals surface area contributed by atoms with Gasteiger partial charge in [0.1, 0.15) is 5.75 Å². The maximum absolute atomic E-state index is 12.4. The number of carbonyl (C=O) groups excluding carboxylic acids is 2. The van der Waals surface area contributed by atoms with Crippen molar-refractivity contribution in [1.82, 2.24) is 4.98 Å². The number of rotatable bonds is 8. The largest absolute Gasteiger partial charge is 0.494 e. The average molecular weight is 428 g/mol. The van der Waals surface area contributed by atoms with E-state index in [0.29, 0.717) is 46.6 Å². The van der Waals surface area contributed by atoms with Crippen molar-refractivity contribution in [3.8, 4) is 11.6 Å². The molecule has 1 aromatic heterocycles. The number of ether oxygens (including phenoxy) is 1. The molecule has 0 bridgehead atoms. The quantitative estimate of drug-likeness (QED) is 0.489. The Bertz CT molecular complexity index is 1090. The zero-order chi connectivity index (χ0) is 21.8. The van der Waals surface area contributed by atoms with Crippen molar-refractivity contribution >= 4 is 22.9 Å². The van der Waals surface area contributed by atoms with E-state index in [4.69, 9.17) is 4.74 Å². The molecule has 2 N–H and O–H groups in total. The molecule has 1 aliphatic carbocycles. The van der Waals surface area contributed by atoms with Gasteiger partial charge in [-0.2, -0.15) is 0 Å². The number of benzene rings is 1. The third-order valence-electron chi connectivity index (χ3n) is 5.39. The predicted octanol–water partition coefficient (Wildman–Crippen LogP) is 4.09. The van der Waals surface area contributed by atoms with Crippen molar-refractivity contribution in [2.24, 2.45) is 0 Å². The van der Waals surface area contributed by atoms with Crippen molar-refractivity contribution in [1.29, 1.82) is 0 Å². The number of Topliss-reactive ketones (excluding diaryl/α,β-unsaturated/α-hetero) is 2. The molecule has 1 heterocycles. The van der Waals surface area contributed by atoms with Crippen LogP contribution >= 0.6 is 11.3 Å². The van der Waals surface area contributed by atoms with Crippen LogP contribution in [0.1, 0.15) is 50.5 Å². The van der Waals surface area contributed by atoms with Crippen LogP contribution in [0.3, 0.4) is 0 Å². The monoisotopic (exact) mass is 427 g/mol. The molecule has 0 atom stereocenters. The van der Waals surface area contributed by atoms with Gasteiger partial charge in [0.25, 0.3) is 0 Å². The first kappa shape index (κ1) is 21.8. The third-order valence-corrected chi connectivity index (χ3v) is 6.26. The van der Waals surface area contributed by atoms with E-state index in [-0.39, 0.29) is 22.3 Å². The van der Waals surface area contributed by atoms with Gasteiger partial charge in [-0.3, -0.25) is 19.4 Å². The van der Waals surface area contributed by atoms with Crippen molar-refractivity contribution in [2.75, 3.05) is 6.61 Å². The molecule has 3 rings (SSSR count). The van der Waals surface area contributed by atoms with E-state index in [1.165, 1.54) is 0 Å². The van der Waals surface area contributed by atoms with Crippen molar-refractivity contribution in [3.63, 3.8) is 0 Å². The number of thiazole rings is 1. The highest BCUT2D eigenvalue weighted by molar-refractivity contribution is 7.09. The van der Waals surface area contributed by atoms with E-state index >= 15 is 0 Å². The van der Waals surface area contributed by atoms with Gasteiger partial charge in [-0.15, -0.1) is 0 Å². The lowest BCUT2D eigenvalue weighted by Gasteiger charge is -2.18. The first-order valence-corrected chi connectivity index (χ1v) is 10.7. The summed E-state index contributed by atoms with van der Waals surface area (Å²) < 4.78 is 5.76. The fraction of sp³-hybridized carbons (Fsp3) is 0.348. The summed E-state index contributed by atoms with van der Waals surface area (Å²) in [5.41, 5.74) is 3.27. The van der Waals surface area contributed by atoms with Crippen molar-refractivity contribution in [2.45, 2.75) is 46.5 Å². The second-order valence-electron chi connectivity index (χ2n) is 7.42. The fourth-order valence-electron chi connectivity index (χ4n) is 3.41. The zero-order valence-electron chi connectivity index (χ0n) is 17.3. The lowest BCUT2D eigenvalue weighted by Crippen LogP contribution is -2.20. The van der Waals surface area contributed by atoms with Gasteiger partial charge in [-0.25, -0.2) is 0 Å². The van der Waals surface area contributed by atoms with Crippen LogP contribution in [-0.2, 0) is 16.0 Å². The van der Waals surface area contributed by atoms with Gasteiger partial charge in [-0.05, 0) is 57.7 Å². The normalized spacial score (nSPS) is 14.6. The van der Waals surface area contributed by atoms with Gasteiger partial charge in [-0.1, -0.05) is 23.5 Å². The summed E-state index contributed by atoms with van der Waals surface area (Å²) in [5.74, 6) is 0.617. The molecule has 1 aromatic carbocycles. The van der Waals surface area contributed by atoms with Crippen LogP contribution in [0.15, 0.2) is 51.4 Å². The fourth-order valence-corrected chi connectivity index (χ4v) is 4.17. The summed E-state index contributed by atoms with van der Waals surface area (Å²) in [7, 11) is 0. The second-order valence-corrected chi connectivity index (χ2v) is 8.49. The summed E-state index contributed by atoms with van der Waals surface area (Å²) in [6, 6.07) is 7.51. The topological polar surface area (TPSA) is 96.5 Å². The smallest absolute Gasteiger partial charge is 0.307 e. The lowest BCUT2D eigenvalue weighted by atomic mass is 9.84. The maximum atomic E-state index is 12.4. The lowest BCUT2D eigenvalue weighted by molar-refractivity contribution is -0.116. The molecular formula is C23H25NO5S. The second kappa shape index (κ2) is 9.26. The van der Waals surface area contributed by atoms with Gasteiger partial charge in [0, 0.05) is 28.7 Å². The van der Waals surface area contributed by atoms with Crippen LogP contribution in [-0.4, -0.2) is 28.3 Å². The van der Waals surface area contributed by atoms with Gasteiger partial charge >= 0.3 is 4.87 Å². The molecule has 0 unspecified atom stereocenters. The molecule has 0 spiro atoms. The number of unbranched alkanes of at least 4 members (excludes halogenated alkanes) is 1. The first-order chi connectivity index (χ1) is 14.3. The minimum atomic E-state index is -0.269. The Morgan fingerprint density at radius 1 is 0.933 bits per heavy atom. The molecule has 6 nitrogen and oxygen atoms in total. The van der Waals surface area contributed by atoms with Gasteiger partial charge < -0.3 is 9.84 Å². The molecule has 158 valence electrons.